The van der Waals surface area contributed by atoms with Gasteiger partial charge in [-0.25, -0.2) is 9.78 Å². The zero-order valence-corrected chi connectivity index (χ0v) is 19.1. The average Bonchev–Trinajstić information content (AvgIpc) is 2.67. The number of urea groups is 1. The smallest absolute Gasteiger partial charge is 0.321 e. The van der Waals surface area contributed by atoms with E-state index in [4.69, 9.17) is 0 Å². The molecule has 3 aromatic rings. The van der Waals surface area contributed by atoms with Crippen LogP contribution in [0.1, 0.15) is 31.9 Å². The Kier molecular flexibility index (Phi) is 6.50. The molecule has 162 valence electrons. The third-order valence-electron chi connectivity index (χ3n) is 4.64. The maximum Gasteiger partial charge on any atom is 0.321 e. The van der Waals surface area contributed by atoms with Crippen LogP contribution in [0.5, 0.6) is 0 Å². The van der Waals surface area contributed by atoms with E-state index < -0.39 is 17.5 Å². The number of carbonyl (C=O) groups is 2. The van der Waals surface area contributed by atoms with Crippen molar-refractivity contribution in [2.45, 2.75) is 45.3 Å². The summed E-state index contributed by atoms with van der Waals surface area (Å²) in [6.45, 7) is 9.41. The molecule has 8 heteroatoms. The molecule has 0 fully saturated rings. The largest absolute Gasteiger partial charge is 0.333 e. The van der Waals surface area contributed by atoms with Crippen LogP contribution in [-0.2, 0) is 4.79 Å². The van der Waals surface area contributed by atoms with Gasteiger partial charge in [-0.3, -0.25) is 19.5 Å². The number of aromatic nitrogens is 2. The second-order valence-corrected chi connectivity index (χ2v) is 9.25. The summed E-state index contributed by atoms with van der Waals surface area (Å²) in [5.41, 5.74) is 2.62. The number of nitrogens with zero attached hydrogens (tertiary/aromatic N) is 2. The maximum absolute atomic E-state index is 13.3. The van der Waals surface area contributed by atoms with E-state index >= 15 is 0 Å². The lowest BCUT2D eigenvalue weighted by atomic mass is 10.1. The molecule has 0 spiro atoms. The van der Waals surface area contributed by atoms with Crippen molar-refractivity contribution in [2.24, 2.45) is 0 Å². The standard InChI is InChI=1S/C23H26N4O3S/c1-14-9-8-12-18(15(14)2)27-20(29)16-10-6-7-11-17(16)24-22(27)31-13-19(28)25-21(30)26-23(3,4)5/h6-12H,13H2,1-5H3,(H2,25,26,28,30). The number of para-hydroxylation sites is 1. The Morgan fingerprint density at radius 2 is 1.77 bits per heavy atom. The maximum atomic E-state index is 13.3. The molecule has 3 amide bonds. The van der Waals surface area contributed by atoms with Crippen molar-refractivity contribution >= 4 is 34.6 Å². The molecule has 0 aliphatic heterocycles. The number of hydrogen-bond acceptors (Lipinski definition) is 5. The highest BCUT2D eigenvalue weighted by Gasteiger charge is 2.19. The highest BCUT2D eigenvalue weighted by atomic mass is 32.2. The van der Waals surface area contributed by atoms with Crippen molar-refractivity contribution < 1.29 is 9.59 Å². The summed E-state index contributed by atoms with van der Waals surface area (Å²) in [6.07, 6.45) is 0. The van der Waals surface area contributed by atoms with Gasteiger partial charge in [-0.05, 0) is 63.9 Å². The molecule has 0 atom stereocenters. The lowest BCUT2D eigenvalue weighted by Gasteiger charge is -2.20. The first-order chi connectivity index (χ1) is 14.6. The van der Waals surface area contributed by atoms with Gasteiger partial charge in [-0.1, -0.05) is 36.0 Å². The molecule has 1 aromatic heterocycles. The molecule has 2 N–H and O–H groups in total. The van der Waals surface area contributed by atoms with Crippen LogP contribution >= 0.6 is 11.8 Å². The molecule has 0 radical (unpaired) electrons. The van der Waals surface area contributed by atoms with E-state index in [1.54, 1.807) is 18.2 Å². The van der Waals surface area contributed by atoms with Crippen molar-refractivity contribution in [3.05, 3.63) is 63.9 Å². The molecule has 7 nitrogen and oxygen atoms in total. The lowest BCUT2D eigenvalue weighted by molar-refractivity contribution is -0.117. The fraction of sp³-hybridized carbons (Fsp3) is 0.304. The van der Waals surface area contributed by atoms with Crippen LogP contribution in [0.2, 0.25) is 0 Å². The van der Waals surface area contributed by atoms with Gasteiger partial charge in [0.15, 0.2) is 5.16 Å². The van der Waals surface area contributed by atoms with Crippen molar-refractivity contribution in [1.29, 1.82) is 0 Å². The summed E-state index contributed by atoms with van der Waals surface area (Å²) in [4.78, 5) is 42.3. The van der Waals surface area contributed by atoms with Crippen LogP contribution in [-0.4, -0.2) is 32.8 Å². The predicted molar refractivity (Wildman–Crippen MR) is 124 cm³/mol. The van der Waals surface area contributed by atoms with Gasteiger partial charge in [0.1, 0.15) is 0 Å². The zero-order valence-electron chi connectivity index (χ0n) is 18.3. The number of nitrogens with one attached hydrogen (secondary N) is 2. The Morgan fingerprint density at radius 3 is 2.48 bits per heavy atom. The van der Waals surface area contributed by atoms with Gasteiger partial charge in [0.2, 0.25) is 5.91 Å². The van der Waals surface area contributed by atoms with Crippen molar-refractivity contribution in [3.63, 3.8) is 0 Å². The van der Waals surface area contributed by atoms with Crippen LogP contribution in [0, 0.1) is 13.8 Å². The minimum absolute atomic E-state index is 0.0623. The number of thioether (sulfide) groups is 1. The second kappa shape index (κ2) is 8.93. The fourth-order valence-electron chi connectivity index (χ4n) is 3.06. The van der Waals surface area contributed by atoms with E-state index in [0.29, 0.717) is 16.1 Å². The van der Waals surface area contributed by atoms with Gasteiger partial charge in [0.05, 0.1) is 22.3 Å². The van der Waals surface area contributed by atoms with Gasteiger partial charge >= 0.3 is 6.03 Å². The number of fused-ring (bicyclic) bond motifs is 1. The van der Waals surface area contributed by atoms with Gasteiger partial charge in [0, 0.05) is 5.54 Å². The van der Waals surface area contributed by atoms with Gasteiger partial charge in [0.25, 0.3) is 5.56 Å². The summed E-state index contributed by atoms with van der Waals surface area (Å²) in [5, 5.41) is 5.89. The molecule has 31 heavy (non-hydrogen) atoms. The topological polar surface area (TPSA) is 93.1 Å². The number of hydrogen-bond donors (Lipinski definition) is 2. The molecule has 2 aromatic carbocycles. The van der Waals surface area contributed by atoms with Crippen molar-refractivity contribution in [3.8, 4) is 5.69 Å². The molecule has 3 rings (SSSR count). The fourth-order valence-corrected chi connectivity index (χ4v) is 3.87. The van der Waals surface area contributed by atoms with Crippen molar-refractivity contribution in [1.82, 2.24) is 20.2 Å². The molecule has 0 aliphatic rings. The first-order valence-corrected chi connectivity index (χ1v) is 10.9. The molecule has 1 heterocycles. The van der Waals surface area contributed by atoms with E-state index in [2.05, 4.69) is 15.6 Å². The van der Waals surface area contributed by atoms with Crippen LogP contribution in [0.4, 0.5) is 4.79 Å². The van der Waals surface area contributed by atoms with E-state index in [9.17, 15) is 14.4 Å². The molecule has 0 saturated heterocycles. The molecule has 0 unspecified atom stereocenters. The summed E-state index contributed by atoms with van der Waals surface area (Å²) >= 11 is 1.11. The van der Waals surface area contributed by atoms with Crippen LogP contribution in [0.15, 0.2) is 52.4 Å². The molecular formula is C23H26N4O3S. The molecule has 0 aliphatic carbocycles. The summed E-state index contributed by atoms with van der Waals surface area (Å²) in [6, 6.07) is 12.3. The number of carbonyl (C=O) groups excluding carboxylic acids is 2. The number of imide groups is 1. The minimum Gasteiger partial charge on any atom is -0.333 e. The summed E-state index contributed by atoms with van der Waals surface area (Å²) in [7, 11) is 0. The highest BCUT2D eigenvalue weighted by Crippen LogP contribution is 2.24. The highest BCUT2D eigenvalue weighted by molar-refractivity contribution is 7.99. The minimum atomic E-state index is -0.559. The Hall–Kier alpha value is -3.13. The Balaban J connectivity index is 1.96. The summed E-state index contributed by atoms with van der Waals surface area (Å²) in [5.74, 6) is -0.533. The third kappa shape index (κ3) is 5.32. The number of rotatable bonds is 4. The van der Waals surface area contributed by atoms with Gasteiger partial charge in [-0.15, -0.1) is 0 Å². The quantitative estimate of drug-likeness (QED) is 0.478. The summed E-state index contributed by atoms with van der Waals surface area (Å²) < 4.78 is 1.54. The second-order valence-electron chi connectivity index (χ2n) is 8.31. The van der Waals surface area contributed by atoms with Gasteiger partial charge in [-0.2, -0.15) is 0 Å². The zero-order chi connectivity index (χ0) is 22.8. The monoisotopic (exact) mass is 438 g/mol. The first-order valence-electron chi connectivity index (χ1n) is 9.90. The normalized spacial score (nSPS) is 11.4. The molecular weight excluding hydrogens is 412 g/mol. The lowest BCUT2D eigenvalue weighted by Crippen LogP contribution is -2.48. The van der Waals surface area contributed by atoms with E-state index in [-0.39, 0.29) is 11.3 Å². The predicted octanol–water partition coefficient (Wildman–Crippen LogP) is 3.72. The van der Waals surface area contributed by atoms with E-state index in [0.717, 1.165) is 28.6 Å². The molecule has 0 saturated carbocycles. The third-order valence-corrected chi connectivity index (χ3v) is 5.57. The Labute approximate surface area is 185 Å². The van der Waals surface area contributed by atoms with E-state index in [1.807, 2.05) is 58.9 Å². The van der Waals surface area contributed by atoms with Crippen LogP contribution in [0.3, 0.4) is 0 Å². The van der Waals surface area contributed by atoms with Crippen LogP contribution < -0.4 is 16.2 Å². The number of aryl methyl sites for hydroxylation is 1. The molecule has 0 bridgehead atoms. The van der Waals surface area contributed by atoms with Crippen LogP contribution in [0.25, 0.3) is 16.6 Å². The number of benzene rings is 2. The first kappa shape index (κ1) is 22.6. The number of amides is 3. The SMILES string of the molecule is Cc1cccc(-n2c(SCC(=O)NC(=O)NC(C)(C)C)nc3ccccc3c2=O)c1C. The average molecular weight is 439 g/mol. The Morgan fingerprint density at radius 1 is 1.06 bits per heavy atom. The van der Waals surface area contributed by atoms with Gasteiger partial charge < -0.3 is 5.32 Å². The van der Waals surface area contributed by atoms with Crippen molar-refractivity contribution in [2.75, 3.05) is 5.75 Å². The van der Waals surface area contributed by atoms with E-state index in [1.165, 1.54) is 4.57 Å². The Bertz CT molecular complexity index is 1210.